The van der Waals surface area contributed by atoms with Gasteiger partial charge in [0.2, 0.25) is 5.95 Å². The van der Waals surface area contributed by atoms with Gasteiger partial charge in [-0.05, 0) is 42.9 Å². The van der Waals surface area contributed by atoms with E-state index in [1.165, 1.54) is 0 Å². The molecular formula is C13H13ClN4S. The predicted octanol–water partition coefficient (Wildman–Crippen LogP) is 3.18. The van der Waals surface area contributed by atoms with E-state index < -0.39 is 0 Å². The van der Waals surface area contributed by atoms with E-state index in [9.17, 15) is 0 Å². The van der Waals surface area contributed by atoms with Crippen LogP contribution >= 0.6 is 23.8 Å². The molecule has 0 aliphatic carbocycles. The molecule has 4 nitrogen and oxygen atoms in total. The Bertz CT molecular complexity index is 544. The third-order valence-electron chi connectivity index (χ3n) is 2.51. The average Bonchev–Trinajstić information content (AvgIpc) is 2.40. The number of nitrogens with zero attached hydrogens (tertiary/aromatic N) is 2. The Morgan fingerprint density at radius 3 is 2.47 bits per heavy atom. The van der Waals surface area contributed by atoms with Gasteiger partial charge in [-0.25, -0.2) is 9.97 Å². The number of halogens is 1. The second-order valence-electron chi connectivity index (χ2n) is 3.94. The van der Waals surface area contributed by atoms with Gasteiger partial charge in [-0.1, -0.05) is 23.7 Å². The molecule has 0 amide bonds. The van der Waals surface area contributed by atoms with Crippen LogP contribution in [0.4, 0.5) is 5.95 Å². The van der Waals surface area contributed by atoms with Crippen LogP contribution in [0.2, 0.25) is 5.02 Å². The number of nitrogens with one attached hydrogen (secondary N) is 2. The summed E-state index contributed by atoms with van der Waals surface area (Å²) in [5.41, 5.74) is 1.10. The first kappa shape index (κ1) is 13.7. The zero-order valence-electron chi connectivity index (χ0n) is 10.3. The lowest BCUT2D eigenvalue weighted by Crippen LogP contribution is -2.31. The van der Waals surface area contributed by atoms with Crippen molar-refractivity contribution in [2.24, 2.45) is 0 Å². The maximum absolute atomic E-state index is 5.85. The molecule has 0 aliphatic heterocycles. The summed E-state index contributed by atoms with van der Waals surface area (Å²) < 4.78 is 0. The first-order valence-electron chi connectivity index (χ1n) is 5.75. The highest BCUT2D eigenvalue weighted by Crippen LogP contribution is 2.16. The smallest absolute Gasteiger partial charge is 0.228 e. The van der Waals surface area contributed by atoms with Crippen LogP contribution in [0, 0.1) is 0 Å². The highest BCUT2D eigenvalue weighted by atomic mass is 35.5. The fourth-order valence-corrected chi connectivity index (χ4v) is 1.93. The van der Waals surface area contributed by atoms with Gasteiger partial charge in [0.25, 0.3) is 0 Å². The highest BCUT2D eigenvalue weighted by molar-refractivity contribution is 7.80. The molecule has 1 aromatic heterocycles. The van der Waals surface area contributed by atoms with Crippen LogP contribution in [0.15, 0.2) is 42.7 Å². The van der Waals surface area contributed by atoms with E-state index in [-0.39, 0.29) is 6.04 Å². The van der Waals surface area contributed by atoms with Crippen LogP contribution in [-0.4, -0.2) is 15.1 Å². The van der Waals surface area contributed by atoms with Crippen LogP contribution in [-0.2, 0) is 0 Å². The number of benzene rings is 1. The van der Waals surface area contributed by atoms with Crippen molar-refractivity contribution in [3.05, 3.63) is 53.3 Å². The van der Waals surface area contributed by atoms with Crippen LogP contribution in [0.3, 0.4) is 0 Å². The molecule has 0 fully saturated rings. The van der Waals surface area contributed by atoms with E-state index in [4.69, 9.17) is 23.8 Å². The van der Waals surface area contributed by atoms with Gasteiger partial charge in [-0.3, -0.25) is 0 Å². The van der Waals surface area contributed by atoms with Crippen molar-refractivity contribution >= 4 is 34.9 Å². The topological polar surface area (TPSA) is 49.8 Å². The van der Waals surface area contributed by atoms with Crippen LogP contribution in [0.5, 0.6) is 0 Å². The second kappa shape index (κ2) is 6.45. The summed E-state index contributed by atoms with van der Waals surface area (Å²) in [6, 6.07) is 9.44. The van der Waals surface area contributed by atoms with Crippen molar-refractivity contribution in [2.45, 2.75) is 13.0 Å². The fourth-order valence-electron chi connectivity index (χ4n) is 1.53. The van der Waals surface area contributed by atoms with Gasteiger partial charge < -0.3 is 10.6 Å². The van der Waals surface area contributed by atoms with E-state index in [0.29, 0.717) is 16.1 Å². The molecule has 1 heterocycles. The maximum Gasteiger partial charge on any atom is 0.228 e. The number of thiocarbonyl (C=S) groups is 1. The largest absolute Gasteiger partial charge is 0.356 e. The first-order chi connectivity index (χ1) is 9.15. The van der Waals surface area contributed by atoms with E-state index in [0.717, 1.165) is 5.56 Å². The average molecular weight is 293 g/mol. The molecule has 0 radical (unpaired) electrons. The predicted molar refractivity (Wildman–Crippen MR) is 81.3 cm³/mol. The number of hydrogen-bond acceptors (Lipinski definition) is 3. The lowest BCUT2D eigenvalue weighted by atomic mass is 10.1. The van der Waals surface area contributed by atoms with E-state index in [1.54, 1.807) is 18.5 Å². The summed E-state index contributed by atoms with van der Waals surface area (Å²) >= 11 is 11.1. The lowest BCUT2D eigenvalue weighted by molar-refractivity contribution is 0.722. The van der Waals surface area contributed by atoms with Crippen molar-refractivity contribution in [2.75, 3.05) is 5.32 Å². The molecule has 2 aromatic rings. The first-order valence-corrected chi connectivity index (χ1v) is 6.54. The molecule has 0 spiro atoms. The van der Waals surface area contributed by atoms with Gasteiger partial charge in [-0.15, -0.1) is 0 Å². The van der Waals surface area contributed by atoms with Gasteiger partial charge in [0.15, 0.2) is 5.11 Å². The quantitative estimate of drug-likeness (QED) is 0.851. The van der Waals surface area contributed by atoms with Gasteiger partial charge in [-0.2, -0.15) is 0 Å². The van der Waals surface area contributed by atoms with Crippen LogP contribution in [0.1, 0.15) is 18.5 Å². The minimum Gasteiger partial charge on any atom is -0.356 e. The molecular weight excluding hydrogens is 280 g/mol. The molecule has 0 saturated carbocycles. The summed E-state index contributed by atoms with van der Waals surface area (Å²) in [7, 11) is 0. The monoisotopic (exact) mass is 292 g/mol. The lowest BCUT2D eigenvalue weighted by Gasteiger charge is -2.16. The van der Waals surface area contributed by atoms with Crippen molar-refractivity contribution in [1.82, 2.24) is 15.3 Å². The van der Waals surface area contributed by atoms with Gasteiger partial charge >= 0.3 is 0 Å². The Kier molecular flexibility index (Phi) is 4.65. The normalized spacial score (nSPS) is 11.7. The van der Waals surface area contributed by atoms with E-state index in [1.807, 2.05) is 31.2 Å². The molecule has 1 aromatic carbocycles. The maximum atomic E-state index is 5.85. The molecule has 0 aliphatic rings. The van der Waals surface area contributed by atoms with Crippen molar-refractivity contribution in [1.29, 1.82) is 0 Å². The summed E-state index contributed by atoms with van der Waals surface area (Å²) in [5, 5.41) is 7.28. The number of aromatic nitrogens is 2. The standard InChI is InChI=1S/C13H13ClN4S/c1-9(10-3-5-11(14)6-4-10)17-13(19)18-12-15-7-2-8-16-12/h2-9H,1H3,(H2,15,16,17,18,19)/t9-/m1/s1. The van der Waals surface area contributed by atoms with E-state index in [2.05, 4.69) is 20.6 Å². The Morgan fingerprint density at radius 2 is 1.84 bits per heavy atom. The Labute approximate surface area is 122 Å². The molecule has 2 rings (SSSR count). The fraction of sp³-hybridized carbons (Fsp3) is 0.154. The Morgan fingerprint density at radius 1 is 1.21 bits per heavy atom. The zero-order chi connectivity index (χ0) is 13.7. The van der Waals surface area contributed by atoms with Gasteiger partial charge in [0.05, 0.1) is 6.04 Å². The summed E-state index contributed by atoms with van der Waals surface area (Å²) in [4.78, 5) is 8.09. The number of rotatable bonds is 3. The van der Waals surface area contributed by atoms with Crippen molar-refractivity contribution in [3.63, 3.8) is 0 Å². The zero-order valence-corrected chi connectivity index (χ0v) is 11.9. The van der Waals surface area contributed by atoms with Crippen LogP contribution < -0.4 is 10.6 Å². The van der Waals surface area contributed by atoms with Crippen molar-refractivity contribution in [3.8, 4) is 0 Å². The third kappa shape index (κ3) is 4.15. The molecule has 98 valence electrons. The minimum absolute atomic E-state index is 0.0704. The Hall–Kier alpha value is -1.72. The number of hydrogen-bond donors (Lipinski definition) is 2. The second-order valence-corrected chi connectivity index (χ2v) is 4.79. The third-order valence-corrected chi connectivity index (χ3v) is 2.98. The molecule has 6 heteroatoms. The summed E-state index contributed by atoms with van der Waals surface area (Å²) in [5.74, 6) is 0.475. The van der Waals surface area contributed by atoms with Gasteiger partial charge in [0.1, 0.15) is 0 Å². The highest BCUT2D eigenvalue weighted by Gasteiger charge is 2.07. The molecule has 0 unspecified atom stereocenters. The SMILES string of the molecule is C[C@@H](NC(=S)Nc1ncccn1)c1ccc(Cl)cc1. The van der Waals surface area contributed by atoms with Gasteiger partial charge in [0, 0.05) is 17.4 Å². The Balaban J connectivity index is 1.93. The molecule has 1 atom stereocenters. The molecule has 19 heavy (non-hydrogen) atoms. The minimum atomic E-state index is 0.0704. The molecule has 2 N–H and O–H groups in total. The van der Waals surface area contributed by atoms with E-state index >= 15 is 0 Å². The summed E-state index contributed by atoms with van der Waals surface area (Å²) in [6.07, 6.45) is 3.31. The van der Waals surface area contributed by atoms with Crippen molar-refractivity contribution < 1.29 is 0 Å². The van der Waals surface area contributed by atoms with Crippen LogP contribution in [0.25, 0.3) is 0 Å². The molecule has 0 saturated heterocycles. The summed E-state index contributed by atoms with van der Waals surface area (Å²) in [6.45, 7) is 2.02. The molecule has 0 bridgehead atoms. The number of anilines is 1.